The number of aromatic nitrogens is 3. The predicted octanol–water partition coefficient (Wildman–Crippen LogP) is 3.51. The first-order valence-corrected chi connectivity index (χ1v) is 11.1. The standard InChI is InChI=1S/C22H28N6OS/c1-4-16-9-10-17(30-16)13-23-22(24-14-21-27-26-15(2)28(21)3)25-19-11-12-29-20-8-6-5-7-18(19)20/h5-10,19H,4,11-14H2,1-3H3,(H2,23,24,25). The molecule has 2 N–H and O–H groups in total. The lowest BCUT2D eigenvalue weighted by atomic mass is 10.0. The fraction of sp³-hybridized carbons (Fsp3) is 0.409. The molecule has 1 aliphatic rings. The Bertz CT molecular complexity index is 1020. The number of nitrogens with one attached hydrogen (secondary N) is 2. The Morgan fingerprint density at radius 2 is 2.07 bits per heavy atom. The van der Waals surface area contributed by atoms with Crippen LogP contribution in [0.2, 0.25) is 0 Å². The molecule has 8 heteroatoms. The second-order valence-corrected chi connectivity index (χ2v) is 8.59. The molecule has 0 bridgehead atoms. The number of ether oxygens (including phenoxy) is 1. The summed E-state index contributed by atoms with van der Waals surface area (Å²) in [6, 6.07) is 12.7. The first-order valence-electron chi connectivity index (χ1n) is 10.3. The van der Waals surface area contributed by atoms with E-state index in [1.54, 1.807) is 0 Å². The van der Waals surface area contributed by atoms with Crippen LogP contribution in [0.15, 0.2) is 41.4 Å². The van der Waals surface area contributed by atoms with E-state index in [0.29, 0.717) is 13.2 Å². The molecule has 0 amide bonds. The van der Waals surface area contributed by atoms with Gasteiger partial charge in [-0.1, -0.05) is 25.1 Å². The van der Waals surface area contributed by atoms with Crippen LogP contribution >= 0.6 is 11.3 Å². The van der Waals surface area contributed by atoms with Crippen molar-refractivity contribution in [3.63, 3.8) is 0 Å². The molecule has 1 aromatic carbocycles. The van der Waals surface area contributed by atoms with E-state index in [4.69, 9.17) is 9.73 Å². The molecule has 4 rings (SSSR count). The number of benzene rings is 1. The number of aryl methyl sites for hydroxylation is 2. The second kappa shape index (κ2) is 9.30. The zero-order valence-corrected chi connectivity index (χ0v) is 18.5. The minimum absolute atomic E-state index is 0.150. The van der Waals surface area contributed by atoms with Gasteiger partial charge in [-0.15, -0.1) is 21.5 Å². The Morgan fingerprint density at radius 1 is 1.23 bits per heavy atom. The monoisotopic (exact) mass is 424 g/mol. The number of fused-ring (bicyclic) bond motifs is 1. The summed E-state index contributed by atoms with van der Waals surface area (Å²) >= 11 is 1.84. The van der Waals surface area contributed by atoms with Crippen LogP contribution in [0.3, 0.4) is 0 Å². The normalized spacial score (nSPS) is 16.1. The molecule has 0 saturated carbocycles. The molecule has 0 aliphatic carbocycles. The van der Waals surface area contributed by atoms with Crippen molar-refractivity contribution in [2.45, 2.75) is 45.8 Å². The molecule has 1 atom stereocenters. The number of guanidine groups is 1. The summed E-state index contributed by atoms with van der Waals surface area (Å²) in [5.41, 5.74) is 1.16. The molecule has 0 spiro atoms. The highest BCUT2D eigenvalue weighted by molar-refractivity contribution is 7.11. The predicted molar refractivity (Wildman–Crippen MR) is 120 cm³/mol. The van der Waals surface area contributed by atoms with Gasteiger partial charge in [0.25, 0.3) is 0 Å². The largest absolute Gasteiger partial charge is 0.493 e. The van der Waals surface area contributed by atoms with Gasteiger partial charge in [-0.05, 0) is 31.5 Å². The Labute approximate surface area is 181 Å². The van der Waals surface area contributed by atoms with Crippen LogP contribution in [0.4, 0.5) is 0 Å². The highest BCUT2D eigenvalue weighted by Gasteiger charge is 2.22. The molecule has 0 fully saturated rings. The molecule has 3 heterocycles. The van der Waals surface area contributed by atoms with E-state index < -0.39 is 0 Å². The van der Waals surface area contributed by atoms with Crippen LogP contribution in [-0.2, 0) is 26.6 Å². The SMILES string of the molecule is CCc1ccc(CNC(=NCc2nnc(C)n2C)NC2CCOc3ccccc32)s1. The summed E-state index contributed by atoms with van der Waals surface area (Å²) in [5, 5.41) is 15.5. The van der Waals surface area contributed by atoms with Gasteiger partial charge in [0.05, 0.1) is 19.2 Å². The Morgan fingerprint density at radius 3 is 2.83 bits per heavy atom. The first kappa shape index (κ1) is 20.4. The summed E-state index contributed by atoms with van der Waals surface area (Å²) in [7, 11) is 1.97. The van der Waals surface area contributed by atoms with Crippen LogP contribution in [-0.4, -0.2) is 27.3 Å². The zero-order valence-electron chi connectivity index (χ0n) is 17.7. The minimum atomic E-state index is 0.150. The van der Waals surface area contributed by atoms with Crippen LogP contribution < -0.4 is 15.4 Å². The highest BCUT2D eigenvalue weighted by atomic mass is 32.1. The summed E-state index contributed by atoms with van der Waals surface area (Å²) in [4.78, 5) is 7.50. The third-order valence-electron chi connectivity index (χ3n) is 5.33. The number of nitrogens with zero attached hydrogens (tertiary/aromatic N) is 4. The molecule has 2 aromatic heterocycles. The molecule has 3 aromatic rings. The molecule has 0 radical (unpaired) electrons. The average molecular weight is 425 g/mol. The maximum Gasteiger partial charge on any atom is 0.192 e. The van der Waals surface area contributed by atoms with Crippen molar-refractivity contribution in [1.82, 2.24) is 25.4 Å². The Balaban J connectivity index is 1.52. The molecule has 158 valence electrons. The van der Waals surface area contributed by atoms with Crippen LogP contribution in [0.5, 0.6) is 5.75 Å². The van der Waals surface area contributed by atoms with Crippen molar-refractivity contribution < 1.29 is 4.74 Å². The van der Waals surface area contributed by atoms with E-state index >= 15 is 0 Å². The van der Waals surface area contributed by atoms with Gasteiger partial charge in [-0.2, -0.15) is 0 Å². The average Bonchev–Trinajstić information content (AvgIpc) is 3.37. The number of aliphatic imine (C=N–C) groups is 1. The van der Waals surface area contributed by atoms with Crippen molar-refractivity contribution >= 4 is 17.3 Å². The van der Waals surface area contributed by atoms with E-state index in [1.165, 1.54) is 9.75 Å². The third-order valence-corrected chi connectivity index (χ3v) is 6.56. The van der Waals surface area contributed by atoms with Crippen LogP contribution in [0, 0.1) is 6.92 Å². The molecular weight excluding hydrogens is 396 g/mol. The van der Waals surface area contributed by atoms with Crippen molar-refractivity contribution in [3.8, 4) is 5.75 Å². The number of thiophene rings is 1. The van der Waals surface area contributed by atoms with E-state index in [1.807, 2.05) is 48.1 Å². The zero-order chi connectivity index (χ0) is 20.9. The van der Waals surface area contributed by atoms with Crippen molar-refractivity contribution in [1.29, 1.82) is 0 Å². The maximum absolute atomic E-state index is 5.81. The summed E-state index contributed by atoms with van der Waals surface area (Å²) in [6.07, 6.45) is 1.95. The number of rotatable bonds is 6. The summed E-state index contributed by atoms with van der Waals surface area (Å²) in [6.45, 7) is 6.01. The van der Waals surface area contributed by atoms with Gasteiger partial charge in [0.2, 0.25) is 0 Å². The lowest BCUT2D eigenvalue weighted by Crippen LogP contribution is -2.40. The van der Waals surface area contributed by atoms with E-state index in [-0.39, 0.29) is 6.04 Å². The second-order valence-electron chi connectivity index (χ2n) is 7.33. The molecule has 30 heavy (non-hydrogen) atoms. The van der Waals surface area contributed by atoms with Gasteiger partial charge in [0.15, 0.2) is 11.8 Å². The lowest BCUT2D eigenvalue weighted by Gasteiger charge is -2.28. The molecule has 1 unspecified atom stereocenters. The molecule has 1 aliphatic heterocycles. The highest BCUT2D eigenvalue weighted by Crippen LogP contribution is 2.31. The fourth-order valence-corrected chi connectivity index (χ4v) is 4.32. The third kappa shape index (κ3) is 4.64. The number of para-hydroxylation sites is 1. The summed E-state index contributed by atoms with van der Waals surface area (Å²) in [5.74, 6) is 3.43. The van der Waals surface area contributed by atoms with E-state index in [2.05, 4.69) is 46.0 Å². The first-order chi connectivity index (χ1) is 14.6. The van der Waals surface area contributed by atoms with E-state index in [9.17, 15) is 0 Å². The van der Waals surface area contributed by atoms with Gasteiger partial charge >= 0.3 is 0 Å². The minimum Gasteiger partial charge on any atom is -0.493 e. The molecule has 0 saturated heterocycles. The smallest absolute Gasteiger partial charge is 0.192 e. The molecule has 7 nitrogen and oxygen atoms in total. The van der Waals surface area contributed by atoms with Crippen LogP contribution in [0.25, 0.3) is 0 Å². The van der Waals surface area contributed by atoms with Crippen molar-refractivity contribution in [2.75, 3.05) is 6.61 Å². The lowest BCUT2D eigenvalue weighted by molar-refractivity contribution is 0.261. The fourth-order valence-electron chi connectivity index (χ4n) is 3.43. The van der Waals surface area contributed by atoms with Crippen molar-refractivity contribution in [2.24, 2.45) is 12.0 Å². The van der Waals surface area contributed by atoms with Crippen LogP contribution in [0.1, 0.15) is 46.4 Å². The van der Waals surface area contributed by atoms with Gasteiger partial charge in [0, 0.05) is 28.8 Å². The van der Waals surface area contributed by atoms with Crippen molar-refractivity contribution in [3.05, 3.63) is 63.4 Å². The Hall–Kier alpha value is -2.87. The van der Waals surface area contributed by atoms with Gasteiger partial charge in [-0.25, -0.2) is 4.99 Å². The maximum atomic E-state index is 5.81. The number of hydrogen-bond acceptors (Lipinski definition) is 5. The summed E-state index contributed by atoms with van der Waals surface area (Å²) < 4.78 is 7.78. The van der Waals surface area contributed by atoms with E-state index in [0.717, 1.165) is 48.3 Å². The number of hydrogen-bond donors (Lipinski definition) is 2. The quantitative estimate of drug-likeness (QED) is 0.468. The topological polar surface area (TPSA) is 76.4 Å². The van der Waals surface area contributed by atoms with Gasteiger partial charge < -0.3 is 19.9 Å². The Kier molecular flexibility index (Phi) is 6.32. The van der Waals surface area contributed by atoms with Gasteiger partial charge in [-0.3, -0.25) is 0 Å². The van der Waals surface area contributed by atoms with Gasteiger partial charge in [0.1, 0.15) is 18.1 Å². The molecular formula is C22H28N6OS.